The summed E-state index contributed by atoms with van der Waals surface area (Å²) in [6.45, 7) is 3.11. The fourth-order valence-electron chi connectivity index (χ4n) is 6.45. The molecule has 466 valence electrons. The first kappa shape index (κ1) is 73.3. The molecule has 0 fully saturated rings. The number of aromatic amines is 1. The lowest BCUT2D eigenvalue weighted by atomic mass is 10.1. The fourth-order valence-corrected chi connectivity index (χ4v) is 14.3. The number of ether oxygens (including phenoxy) is 1. The van der Waals surface area contributed by atoms with Crippen LogP contribution in [-0.2, 0) is 57.5 Å². The maximum atomic E-state index is 14.0. The van der Waals surface area contributed by atoms with Gasteiger partial charge in [0.2, 0.25) is 0 Å². The van der Waals surface area contributed by atoms with Gasteiger partial charge in [0.05, 0.1) is 46.3 Å². The van der Waals surface area contributed by atoms with E-state index in [1.165, 1.54) is 113 Å². The van der Waals surface area contributed by atoms with E-state index in [2.05, 4.69) is 35.4 Å². The number of thioether (sulfide) groups is 2. The number of anilines is 4. The Balaban J connectivity index is 0.000000262. The number of para-hydroxylation sites is 2. The van der Waals surface area contributed by atoms with E-state index < -0.39 is 89.4 Å². The van der Waals surface area contributed by atoms with Crippen molar-refractivity contribution >= 4 is 161 Å². The van der Waals surface area contributed by atoms with Crippen molar-refractivity contribution in [2.45, 2.75) is 51.3 Å². The number of furan rings is 1. The van der Waals surface area contributed by atoms with Crippen LogP contribution in [0.3, 0.4) is 0 Å². The van der Waals surface area contributed by atoms with Gasteiger partial charge >= 0.3 is 12.1 Å². The Bertz CT molecular complexity index is 4160. The number of methoxy groups -OCH3 is 1. The number of pyridine rings is 1. The van der Waals surface area contributed by atoms with Crippen LogP contribution in [0.15, 0.2) is 154 Å². The Labute approximate surface area is 537 Å². The number of rotatable bonds is 17. The van der Waals surface area contributed by atoms with Crippen molar-refractivity contribution in [2.24, 2.45) is 5.10 Å². The van der Waals surface area contributed by atoms with Crippen LogP contribution in [0.1, 0.15) is 46.0 Å². The third-order valence-electron chi connectivity index (χ3n) is 10.7. The number of H-pyrrole nitrogens is 1. The Morgan fingerprint density at radius 1 is 0.898 bits per heavy atom. The van der Waals surface area contributed by atoms with Gasteiger partial charge in [-0.15, -0.1) is 34.9 Å². The van der Waals surface area contributed by atoms with E-state index in [-0.39, 0.29) is 59.5 Å². The second-order valence-electron chi connectivity index (χ2n) is 16.8. The van der Waals surface area contributed by atoms with Gasteiger partial charge in [-0.05, 0) is 98.6 Å². The number of benzene rings is 3. The summed E-state index contributed by atoms with van der Waals surface area (Å²) >= 11 is 26.9. The number of hydrazone groups is 1. The summed E-state index contributed by atoms with van der Waals surface area (Å²) in [5.41, 5.74) is 3.24. The second-order valence-corrected chi connectivity index (χ2v) is 29.2. The molecule has 0 saturated carbocycles. The lowest BCUT2D eigenvalue weighted by Gasteiger charge is -2.27. The number of carbonyl (C=O) groups excluding carboxylic acids is 2. The van der Waals surface area contributed by atoms with Gasteiger partial charge in [-0.25, -0.2) is 39.4 Å². The molecule has 7 aromatic rings. The van der Waals surface area contributed by atoms with E-state index in [0.29, 0.717) is 9.92 Å². The Hall–Kier alpha value is -7.13. The molecule has 21 nitrogen and oxygen atoms in total. The van der Waals surface area contributed by atoms with E-state index in [1.807, 2.05) is 0 Å². The molecule has 4 aromatic heterocycles. The molecule has 0 bridgehead atoms. The number of halogens is 8. The highest BCUT2D eigenvalue weighted by Gasteiger charge is 2.35. The van der Waals surface area contributed by atoms with Crippen LogP contribution in [0.2, 0.25) is 5.02 Å². The van der Waals surface area contributed by atoms with E-state index in [9.17, 15) is 62.5 Å². The van der Waals surface area contributed by atoms with Crippen LogP contribution in [0.4, 0.5) is 39.6 Å². The average Bonchev–Trinajstić information content (AvgIpc) is 3.46. The van der Waals surface area contributed by atoms with Crippen molar-refractivity contribution in [3.05, 3.63) is 179 Å². The summed E-state index contributed by atoms with van der Waals surface area (Å²) in [6, 6.07) is 29.8. The van der Waals surface area contributed by atoms with E-state index >= 15 is 0 Å². The van der Waals surface area contributed by atoms with Crippen LogP contribution >= 0.6 is 92.8 Å². The second kappa shape index (κ2) is 32.9. The number of nitriles is 3. The summed E-state index contributed by atoms with van der Waals surface area (Å²) < 4.78 is 137. The van der Waals surface area contributed by atoms with E-state index in [0.717, 1.165) is 36.0 Å². The van der Waals surface area contributed by atoms with Crippen LogP contribution < -0.4 is 26.7 Å². The van der Waals surface area contributed by atoms with Crippen molar-refractivity contribution in [3.63, 3.8) is 0 Å². The number of nitrogens with zero attached hydrogens (tertiary/aromatic N) is 6. The van der Waals surface area contributed by atoms with Crippen molar-refractivity contribution in [1.29, 1.82) is 15.8 Å². The molecule has 3 aromatic carbocycles. The molecule has 36 heteroatoms. The molecular weight excluding hydrogens is 1380 g/mol. The number of esters is 1. The van der Waals surface area contributed by atoms with Gasteiger partial charge in [0.1, 0.15) is 56.0 Å². The fraction of sp³-hybridized carbons (Fsp3) is 0.192. The number of carbonyl (C=O) groups is 2. The number of hydrogen-bond acceptors (Lipinski definition) is 23. The van der Waals surface area contributed by atoms with Gasteiger partial charge in [0.15, 0.2) is 35.2 Å². The zero-order valence-electron chi connectivity index (χ0n) is 45.6. The standard InChI is InChI=1S/C18H14N4O7S3.C15H11Cl4FN2O.C11H6F3N3OS.C8H13NO2S3/c1-28-18(23)17-16(13(10-30-17)31(24,25)11-12-5-4-8-29-12)22-21-15(9-19)32(26,27)14-6-2-3-7-20-14;16-12-7-4-8-13(20)11(12)9-22(10-5-2-1-3-6-10)21-14(23)15(17,18)19;12-11(13,14)7-3-1-2-4-8(7)16-10-6(5-15)9(18)17-19-10;1-6(2)14(10,11)7(5-9)8(12-3)13-4/h2-8,10,22H,11H2,1H3;1-8H,9H2,(H,21,23);1-4,16H,(H,17,18);6H,1-4H3/b21-15-;;;. The van der Waals surface area contributed by atoms with Crippen LogP contribution in [0.25, 0.3) is 0 Å². The lowest BCUT2D eigenvalue weighted by Crippen LogP contribution is -2.47. The highest BCUT2D eigenvalue weighted by Crippen LogP contribution is 2.38. The van der Waals surface area contributed by atoms with Gasteiger partial charge in [-0.2, -0.15) is 34.1 Å². The molecule has 0 radical (unpaired) electrons. The van der Waals surface area contributed by atoms with Gasteiger partial charge in [-0.3, -0.25) is 29.8 Å². The SMILES string of the molecule is COC(=O)c1scc(S(=O)(=O)Cc2ccco2)c1N/N=C(/C#N)S(=O)(=O)c1ccccn1.CSC(SC)=C(C#N)S(=O)(=O)C(C)C.N#Cc1c(Nc2ccccc2C(F)(F)F)s[nH]c1=O.O=C(NN(Cc1c(F)cccc1Cl)c1ccccc1)C(Cl)(Cl)Cl. The normalized spacial score (nSPS) is 11.5. The Morgan fingerprint density at radius 2 is 1.55 bits per heavy atom. The highest BCUT2D eigenvalue weighted by molar-refractivity contribution is 8.22. The number of hydrogen-bond donors (Lipinski definition) is 4. The minimum absolute atomic E-state index is 0.0397. The Kier molecular flexibility index (Phi) is 27.4. The molecule has 88 heavy (non-hydrogen) atoms. The van der Waals surface area contributed by atoms with Gasteiger partial charge in [0.25, 0.3) is 30.1 Å². The minimum atomic E-state index is -4.52. The molecular formula is C52H44Cl4F4N10O11S7. The number of allylic oxidation sites excluding steroid dienone is 1. The quantitative estimate of drug-likeness (QED) is 0.0125. The smallest absolute Gasteiger partial charge is 0.418 e. The molecule has 0 aliphatic heterocycles. The number of sulfone groups is 3. The van der Waals surface area contributed by atoms with Crippen molar-refractivity contribution in [1.82, 2.24) is 14.8 Å². The number of thiophene rings is 1. The monoisotopic (exact) mass is 1420 g/mol. The molecule has 0 aliphatic rings. The number of aromatic nitrogens is 2. The van der Waals surface area contributed by atoms with E-state index in [1.54, 1.807) is 74.9 Å². The van der Waals surface area contributed by atoms with Crippen LogP contribution in [-0.4, -0.2) is 80.2 Å². The molecule has 0 unspecified atom stereocenters. The van der Waals surface area contributed by atoms with Crippen molar-refractivity contribution in [3.8, 4) is 18.2 Å². The summed E-state index contributed by atoms with van der Waals surface area (Å²) in [4.78, 5) is 38.3. The minimum Gasteiger partial charge on any atom is -0.468 e. The summed E-state index contributed by atoms with van der Waals surface area (Å²) in [5.74, 6) is -2.60. The number of nitrogens with one attached hydrogen (secondary N) is 4. The maximum Gasteiger partial charge on any atom is 0.418 e. The van der Waals surface area contributed by atoms with Crippen molar-refractivity contribution in [2.75, 3.05) is 35.4 Å². The number of hydrazine groups is 1. The highest BCUT2D eigenvalue weighted by atomic mass is 35.6. The lowest BCUT2D eigenvalue weighted by molar-refractivity contribution is -0.137. The van der Waals surface area contributed by atoms with E-state index in [4.69, 9.17) is 61.3 Å². The first-order chi connectivity index (χ1) is 41.3. The average molecular weight is 1430 g/mol. The zero-order chi connectivity index (χ0) is 65.8. The van der Waals surface area contributed by atoms with Crippen LogP contribution in [0.5, 0.6) is 0 Å². The van der Waals surface area contributed by atoms with Crippen LogP contribution in [0, 0.1) is 39.8 Å². The van der Waals surface area contributed by atoms with Crippen molar-refractivity contribution < 1.29 is 61.6 Å². The molecule has 0 atom stereocenters. The molecule has 4 heterocycles. The largest absolute Gasteiger partial charge is 0.468 e. The summed E-state index contributed by atoms with van der Waals surface area (Å²) in [6.07, 6.45) is 1.54. The van der Waals surface area contributed by atoms with Gasteiger partial charge in [-0.1, -0.05) is 88.9 Å². The molecule has 0 aliphatic carbocycles. The predicted octanol–water partition coefficient (Wildman–Crippen LogP) is 12.4. The maximum absolute atomic E-state index is 14.0. The molecule has 7 rings (SSSR count). The molecule has 1 amide bonds. The first-order valence-corrected chi connectivity index (χ1v) is 34.2. The molecule has 4 N–H and O–H groups in total. The predicted molar refractivity (Wildman–Crippen MR) is 334 cm³/mol. The first-order valence-electron chi connectivity index (χ1n) is 23.8. The third kappa shape index (κ3) is 19.9. The van der Waals surface area contributed by atoms with Gasteiger partial charge < -0.3 is 14.5 Å². The number of amides is 1. The van der Waals surface area contributed by atoms with Gasteiger partial charge in [0, 0.05) is 22.2 Å². The Morgan fingerprint density at radius 3 is 2.08 bits per heavy atom. The molecule has 0 saturated heterocycles. The molecule has 0 spiro atoms. The summed E-state index contributed by atoms with van der Waals surface area (Å²) in [5, 5.41) is 33.8. The topological polar surface area (TPSA) is 328 Å². The third-order valence-corrected chi connectivity index (χ3v) is 21.1. The number of alkyl halides is 6. The summed E-state index contributed by atoms with van der Waals surface area (Å²) in [7, 11) is -10.8. The zero-order valence-corrected chi connectivity index (χ0v) is 54.3.